The van der Waals surface area contributed by atoms with Crippen molar-refractivity contribution < 1.29 is 19.5 Å². The monoisotopic (exact) mass is 271 g/mol. The largest absolute Gasteiger partial charge is 0.480 e. The molecule has 1 aliphatic carbocycles. The molecule has 7 heteroatoms. The van der Waals surface area contributed by atoms with E-state index in [0.717, 1.165) is 12.8 Å². The average molecular weight is 271 g/mol. The normalized spacial score (nSPS) is 14.1. The first-order chi connectivity index (χ1) is 8.81. The predicted octanol–water partition coefficient (Wildman–Crippen LogP) is 0.112. The second-order valence-electron chi connectivity index (χ2n) is 5.11. The van der Waals surface area contributed by atoms with Gasteiger partial charge >= 0.3 is 12.0 Å². The number of urea groups is 1. The van der Waals surface area contributed by atoms with Crippen molar-refractivity contribution in [3.8, 4) is 0 Å². The topological polar surface area (TPSA) is 90.0 Å². The van der Waals surface area contributed by atoms with E-state index < -0.39 is 12.0 Å². The molecule has 19 heavy (non-hydrogen) atoms. The van der Waals surface area contributed by atoms with Crippen LogP contribution in [0.2, 0.25) is 0 Å². The minimum absolute atomic E-state index is 0.000732. The van der Waals surface area contributed by atoms with E-state index in [4.69, 9.17) is 5.11 Å². The molecule has 0 atom stereocenters. The van der Waals surface area contributed by atoms with Gasteiger partial charge in [0.15, 0.2) is 0 Å². The molecule has 1 aliphatic rings. The summed E-state index contributed by atoms with van der Waals surface area (Å²) >= 11 is 0. The van der Waals surface area contributed by atoms with E-state index in [2.05, 4.69) is 5.32 Å². The fraction of sp³-hybridized carbons (Fsp3) is 0.750. The number of carboxylic acid groups (broad SMARTS) is 1. The molecule has 0 bridgehead atoms. The first-order valence-corrected chi connectivity index (χ1v) is 6.34. The van der Waals surface area contributed by atoms with Crippen molar-refractivity contribution in [2.75, 3.05) is 20.1 Å². The quantitative estimate of drug-likeness (QED) is 0.717. The highest BCUT2D eigenvalue weighted by Gasteiger charge is 2.35. The molecule has 1 rings (SSSR count). The van der Waals surface area contributed by atoms with Gasteiger partial charge < -0.3 is 20.2 Å². The van der Waals surface area contributed by atoms with Crippen LogP contribution in [0.15, 0.2) is 0 Å². The molecule has 0 unspecified atom stereocenters. The highest BCUT2D eigenvalue weighted by molar-refractivity contribution is 5.86. The molecule has 0 spiro atoms. The van der Waals surface area contributed by atoms with Crippen molar-refractivity contribution in [3.05, 3.63) is 0 Å². The fourth-order valence-electron chi connectivity index (χ4n) is 1.75. The second-order valence-corrected chi connectivity index (χ2v) is 5.11. The third kappa shape index (κ3) is 5.15. The molecule has 1 saturated carbocycles. The number of carbonyl (C=O) groups is 3. The number of hydrogen-bond donors (Lipinski definition) is 2. The SMILES string of the molecule is CC(C)NC(=O)CN(C)C(=O)N(CC(=O)O)C1CC1. The number of nitrogens with one attached hydrogen (secondary N) is 1. The van der Waals surface area contributed by atoms with Gasteiger partial charge in [0.1, 0.15) is 13.1 Å². The zero-order valence-electron chi connectivity index (χ0n) is 11.5. The molecule has 1 fully saturated rings. The minimum Gasteiger partial charge on any atom is -0.480 e. The maximum atomic E-state index is 12.1. The van der Waals surface area contributed by atoms with Gasteiger partial charge in [-0.05, 0) is 26.7 Å². The lowest BCUT2D eigenvalue weighted by atomic mass is 10.4. The number of aliphatic carboxylic acids is 1. The van der Waals surface area contributed by atoms with Crippen LogP contribution in [-0.4, -0.2) is 65.0 Å². The molecule has 7 nitrogen and oxygen atoms in total. The molecule has 0 aromatic heterocycles. The van der Waals surface area contributed by atoms with Crippen LogP contribution in [0.3, 0.4) is 0 Å². The highest BCUT2D eigenvalue weighted by Crippen LogP contribution is 2.27. The van der Waals surface area contributed by atoms with Crippen molar-refractivity contribution in [3.63, 3.8) is 0 Å². The summed E-state index contributed by atoms with van der Waals surface area (Å²) in [6.45, 7) is 3.28. The van der Waals surface area contributed by atoms with E-state index in [-0.39, 0.29) is 31.1 Å². The van der Waals surface area contributed by atoms with Crippen molar-refractivity contribution in [2.45, 2.75) is 38.8 Å². The van der Waals surface area contributed by atoms with Crippen molar-refractivity contribution in [1.29, 1.82) is 0 Å². The Bertz CT molecular complexity index is 366. The van der Waals surface area contributed by atoms with Crippen molar-refractivity contribution in [2.24, 2.45) is 0 Å². The molecule has 0 aromatic rings. The van der Waals surface area contributed by atoms with Crippen LogP contribution in [-0.2, 0) is 9.59 Å². The van der Waals surface area contributed by atoms with Gasteiger partial charge in [-0.15, -0.1) is 0 Å². The minimum atomic E-state index is -1.04. The Kier molecular flexibility index (Phi) is 5.14. The van der Waals surface area contributed by atoms with Crippen molar-refractivity contribution in [1.82, 2.24) is 15.1 Å². The summed E-state index contributed by atoms with van der Waals surface area (Å²) in [4.78, 5) is 37.0. The number of carbonyl (C=O) groups excluding carboxylic acids is 2. The fourth-order valence-corrected chi connectivity index (χ4v) is 1.75. The van der Waals surface area contributed by atoms with Crippen LogP contribution >= 0.6 is 0 Å². The van der Waals surface area contributed by atoms with Crippen LogP contribution in [0.1, 0.15) is 26.7 Å². The maximum Gasteiger partial charge on any atom is 0.323 e. The summed E-state index contributed by atoms with van der Waals surface area (Å²) in [5.74, 6) is -1.29. The third-order valence-electron chi connectivity index (χ3n) is 2.70. The number of rotatable bonds is 6. The van der Waals surface area contributed by atoms with E-state index >= 15 is 0 Å². The van der Waals surface area contributed by atoms with E-state index in [1.807, 2.05) is 13.8 Å². The zero-order valence-corrected chi connectivity index (χ0v) is 11.5. The second kappa shape index (κ2) is 6.40. The molecular formula is C12H21N3O4. The summed E-state index contributed by atoms with van der Waals surface area (Å²) in [7, 11) is 1.50. The summed E-state index contributed by atoms with van der Waals surface area (Å²) < 4.78 is 0. The Balaban J connectivity index is 2.53. The van der Waals surface area contributed by atoms with Crippen LogP contribution in [0.5, 0.6) is 0 Å². The molecule has 0 saturated heterocycles. The number of nitrogens with zero attached hydrogens (tertiary/aromatic N) is 2. The molecule has 0 radical (unpaired) electrons. The lowest BCUT2D eigenvalue weighted by Crippen LogP contribution is -2.48. The average Bonchev–Trinajstić information content (AvgIpc) is 3.06. The summed E-state index contributed by atoms with van der Waals surface area (Å²) in [6.07, 6.45) is 1.65. The van der Waals surface area contributed by atoms with Crippen LogP contribution in [0.4, 0.5) is 4.79 Å². The van der Waals surface area contributed by atoms with Gasteiger partial charge in [-0.1, -0.05) is 0 Å². The smallest absolute Gasteiger partial charge is 0.323 e. The van der Waals surface area contributed by atoms with Gasteiger partial charge in [0, 0.05) is 19.1 Å². The standard InChI is InChI=1S/C12H21N3O4/c1-8(2)13-10(16)6-14(3)12(19)15(7-11(17)18)9-4-5-9/h8-9H,4-7H2,1-3H3,(H,13,16)(H,17,18). The lowest BCUT2D eigenvalue weighted by molar-refractivity contribution is -0.137. The van der Waals surface area contributed by atoms with Gasteiger partial charge in [0.2, 0.25) is 5.91 Å². The predicted molar refractivity (Wildman–Crippen MR) is 68.7 cm³/mol. The lowest BCUT2D eigenvalue weighted by Gasteiger charge is -2.26. The number of likely N-dealkylation sites (N-methyl/N-ethyl adjacent to an activating group) is 1. The van der Waals surface area contributed by atoms with Crippen LogP contribution in [0, 0.1) is 0 Å². The number of amides is 3. The van der Waals surface area contributed by atoms with Gasteiger partial charge in [0.25, 0.3) is 0 Å². The molecule has 0 aliphatic heterocycles. The Morgan fingerprint density at radius 1 is 1.26 bits per heavy atom. The maximum absolute atomic E-state index is 12.1. The van der Waals surface area contributed by atoms with E-state index in [1.165, 1.54) is 16.8 Å². The van der Waals surface area contributed by atoms with Crippen LogP contribution < -0.4 is 5.32 Å². The van der Waals surface area contributed by atoms with Gasteiger partial charge in [-0.25, -0.2) is 4.79 Å². The highest BCUT2D eigenvalue weighted by atomic mass is 16.4. The molecule has 3 amide bonds. The Hall–Kier alpha value is -1.79. The van der Waals surface area contributed by atoms with Gasteiger partial charge in [-0.2, -0.15) is 0 Å². The first-order valence-electron chi connectivity index (χ1n) is 6.34. The third-order valence-corrected chi connectivity index (χ3v) is 2.70. The van der Waals surface area contributed by atoms with E-state index in [1.54, 1.807) is 0 Å². The number of hydrogen-bond acceptors (Lipinski definition) is 3. The summed E-state index contributed by atoms with van der Waals surface area (Å²) in [6, 6.07) is -0.405. The summed E-state index contributed by atoms with van der Waals surface area (Å²) in [5, 5.41) is 11.5. The van der Waals surface area contributed by atoms with Gasteiger partial charge in [-0.3, -0.25) is 9.59 Å². The summed E-state index contributed by atoms with van der Waals surface area (Å²) in [5.41, 5.74) is 0. The van der Waals surface area contributed by atoms with E-state index in [0.29, 0.717) is 0 Å². The number of carboxylic acids is 1. The zero-order chi connectivity index (χ0) is 14.6. The van der Waals surface area contributed by atoms with Crippen LogP contribution in [0.25, 0.3) is 0 Å². The van der Waals surface area contributed by atoms with E-state index in [9.17, 15) is 14.4 Å². The molecule has 108 valence electrons. The van der Waals surface area contributed by atoms with Crippen molar-refractivity contribution >= 4 is 17.9 Å². The molecular weight excluding hydrogens is 250 g/mol. The molecule has 2 N–H and O–H groups in total. The Morgan fingerprint density at radius 2 is 1.84 bits per heavy atom. The Morgan fingerprint density at radius 3 is 2.26 bits per heavy atom. The molecule has 0 heterocycles. The van der Waals surface area contributed by atoms with Gasteiger partial charge in [0.05, 0.1) is 0 Å². The molecule has 0 aromatic carbocycles. The first kappa shape index (κ1) is 15.3. The Labute approximate surface area is 112 Å².